The molecule has 7 nitrogen and oxygen atoms in total. The van der Waals surface area contributed by atoms with E-state index >= 15 is 0 Å². The lowest BCUT2D eigenvalue weighted by Gasteiger charge is -2.21. The van der Waals surface area contributed by atoms with E-state index in [-0.39, 0.29) is 11.4 Å². The number of rotatable bonds is 6. The third kappa shape index (κ3) is 3.53. The number of carbonyl (C=O) groups excluding carboxylic acids is 1. The molecule has 0 bridgehead atoms. The minimum absolute atomic E-state index is 0.110. The maximum atomic E-state index is 11.9. The number of ketones is 1. The molecule has 1 unspecified atom stereocenters. The molecule has 0 saturated heterocycles. The average Bonchev–Trinajstić information content (AvgIpc) is 2.38. The summed E-state index contributed by atoms with van der Waals surface area (Å²) in [5, 5.41) is 18.3. The van der Waals surface area contributed by atoms with Crippen molar-refractivity contribution in [3.8, 4) is 5.75 Å². The van der Waals surface area contributed by atoms with Gasteiger partial charge in [-0.15, -0.1) is 0 Å². The topological polar surface area (TPSA) is 107 Å². The number of carboxylic acid groups (broad SMARTS) is 1. The highest BCUT2D eigenvalue weighted by Crippen LogP contribution is 2.25. The first-order valence-electron chi connectivity index (χ1n) is 5.49. The second-order valence-corrected chi connectivity index (χ2v) is 5.31. The van der Waals surface area contributed by atoms with Gasteiger partial charge in [-0.05, 0) is 41.9 Å². The van der Waals surface area contributed by atoms with Crippen LogP contribution >= 0.6 is 15.9 Å². The fourth-order valence-corrected chi connectivity index (χ4v) is 2.00. The number of hydrogen-bond acceptors (Lipinski definition) is 5. The summed E-state index contributed by atoms with van der Waals surface area (Å²) in [5.74, 6) is -1.71. The summed E-state index contributed by atoms with van der Waals surface area (Å²) < 4.78 is 5.23. The number of nitrogens with zero attached hydrogens (tertiary/aromatic N) is 1. The number of nitro benzene ring substituents is 1. The zero-order chi connectivity index (χ0) is 15.5. The first kappa shape index (κ1) is 16.1. The van der Waals surface area contributed by atoms with Crippen molar-refractivity contribution in [2.75, 3.05) is 0 Å². The number of alkyl halides is 1. The van der Waals surface area contributed by atoms with Crippen LogP contribution in [0, 0.1) is 15.5 Å². The highest BCUT2D eigenvalue weighted by atomic mass is 79.9. The summed E-state index contributed by atoms with van der Waals surface area (Å²) in [7, 11) is 0. The molecule has 1 rings (SSSR count). The number of carbonyl (C=O) groups is 2. The summed E-state index contributed by atoms with van der Waals surface area (Å²) in [6.07, 6.45) is 0. The monoisotopic (exact) mass is 345 g/mol. The minimum atomic E-state index is -1.60. The van der Waals surface area contributed by atoms with Gasteiger partial charge in [0.15, 0.2) is 0 Å². The van der Waals surface area contributed by atoms with Gasteiger partial charge in [-0.3, -0.25) is 19.7 Å². The lowest BCUT2D eigenvalue weighted by Crippen LogP contribution is -2.40. The van der Waals surface area contributed by atoms with Gasteiger partial charge in [-0.25, -0.2) is 0 Å². The highest BCUT2D eigenvalue weighted by molar-refractivity contribution is 9.09. The van der Waals surface area contributed by atoms with E-state index in [1.165, 1.54) is 38.1 Å². The number of non-ortho nitro benzene ring substituents is 1. The van der Waals surface area contributed by atoms with Crippen LogP contribution in [0.4, 0.5) is 5.69 Å². The maximum absolute atomic E-state index is 11.9. The molecule has 1 N–H and O–H groups in total. The van der Waals surface area contributed by atoms with Crippen molar-refractivity contribution in [3.63, 3.8) is 0 Å². The van der Waals surface area contributed by atoms with Gasteiger partial charge >= 0.3 is 5.97 Å². The van der Waals surface area contributed by atoms with Crippen molar-refractivity contribution in [3.05, 3.63) is 34.4 Å². The Morgan fingerprint density at radius 3 is 2.25 bits per heavy atom. The quantitative estimate of drug-likeness (QED) is 0.367. The van der Waals surface area contributed by atoms with Crippen LogP contribution in [0.15, 0.2) is 24.3 Å². The van der Waals surface area contributed by atoms with E-state index in [0.717, 1.165) is 0 Å². The molecule has 0 aliphatic carbocycles. The number of halogens is 1. The van der Waals surface area contributed by atoms with Crippen LogP contribution in [0.3, 0.4) is 0 Å². The first-order chi connectivity index (χ1) is 9.16. The van der Waals surface area contributed by atoms with Gasteiger partial charge in [0.25, 0.3) is 5.69 Å². The fourth-order valence-electron chi connectivity index (χ4n) is 1.21. The Bertz CT molecular complexity index is 539. The molecular formula is C12H12BrNO6. The van der Waals surface area contributed by atoms with Crippen LogP contribution in [0.2, 0.25) is 0 Å². The molecule has 8 heteroatoms. The summed E-state index contributed by atoms with van der Waals surface area (Å²) in [5.41, 5.74) is -1.71. The van der Waals surface area contributed by atoms with E-state index in [0.29, 0.717) is 0 Å². The third-order valence-corrected chi connectivity index (χ3v) is 3.25. The van der Waals surface area contributed by atoms with E-state index in [2.05, 4.69) is 15.9 Å². The number of nitro groups is 1. The predicted octanol–water partition coefficient (Wildman–Crippen LogP) is 2.37. The number of Topliss-reactive ketones (excluding diaryl/α,β-unsaturated/α-hetero) is 1. The Hall–Kier alpha value is -1.96. The van der Waals surface area contributed by atoms with Crippen LogP contribution < -0.4 is 4.74 Å². The second kappa shape index (κ2) is 6.00. The average molecular weight is 346 g/mol. The molecule has 1 aromatic carbocycles. The number of carboxylic acids is 1. The van der Waals surface area contributed by atoms with E-state index in [9.17, 15) is 19.7 Å². The Morgan fingerprint density at radius 1 is 1.35 bits per heavy atom. The number of ether oxygens (including phenoxy) is 1. The van der Waals surface area contributed by atoms with Crippen molar-refractivity contribution in [2.24, 2.45) is 5.41 Å². The van der Waals surface area contributed by atoms with Gasteiger partial charge in [0, 0.05) is 12.1 Å². The molecule has 0 radical (unpaired) electrons. The van der Waals surface area contributed by atoms with Crippen LogP contribution in [0.1, 0.15) is 13.8 Å². The SMILES string of the molecule is CC(C)(C(=O)O)C(=O)C(Br)Oc1ccc([N+](=O)[O-])cc1. The number of aliphatic carboxylic acids is 1. The lowest BCUT2D eigenvalue weighted by atomic mass is 9.89. The summed E-state index contributed by atoms with van der Waals surface area (Å²) in [6, 6.07) is 5.10. The van der Waals surface area contributed by atoms with Gasteiger partial charge in [0.05, 0.1) is 4.92 Å². The molecule has 20 heavy (non-hydrogen) atoms. The van der Waals surface area contributed by atoms with E-state index in [4.69, 9.17) is 9.84 Å². The van der Waals surface area contributed by atoms with Crippen molar-refractivity contribution < 1.29 is 24.4 Å². The van der Waals surface area contributed by atoms with E-state index in [1.54, 1.807) is 0 Å². The lowest BCUT2D eigenvalue weighted by molar-refractivity contribution is -0.384. The predicted molar refractivity (Wildman–Crippen MR) is 72.9 cm³/mol. The first-order valence-corrected chi connectivity index (χ1v) is 6.40. The molecule has 0 heterocycles. The van der Waals surface area contributed by atoms with Crippen LogP contribution in [0.5, 0.6) is 5.75 Å². The van der Waals surface area contributed by atoms with Gasteiger partial charge in [0.2, 0.25) is 10.8 Å². The molecule has 108 valence electrons. The van der Waals surface area contributed by atoms with Crippen molar-refractivity contribution in [2.45, 2.75) is 18.9 Å². The maximum Gasteiger partial charge on any atom is 0.316 e. The minimum Gasteiger partial charge on any atom is -0.481 e. The molecule has 0 aromatic heterocycles. The molecule has 0 amide bonds. The second-order valence-electron chi connectivity index (χ2n) is 4.48. The van der Waals surface area contributed by atoms with Gasteiger partial charge in [-0.2, -0.15) is 0 Å². The van der Waals surface area contributed by atoms with E-state index in [1.807, 2.05) is 0 Å². The molecule has 0 saturated carbocycles. The fraction of sp³-hybridized carbons (Fsp3) is 0.333. The number of benzene rings is 1. The zero-order valence-corrected chi connectivity index (χ0v) is 12.3. The summed E-state index contributed by atoms with van der Waals surface area (Å²) in [4.78, 5) is 32.8. The molecule has 1 aromatic rings. The Kier molecular flexibility index (Phi) is 4.83. The normalized spacial score (nSPS) is 12.6. The standard InChI is InChI=1S/C12H12BrNO6/c1-12(2,11(16)17)9(15)10(13)20-8-5-3-7(4-6-8)14(18)19/h3-6,10H,1-2H3,(H,16,17). The molecule has 0 spiro atoms. The van der Waals surface area contributed by atoms with Crippen molar-refractivity contribution in [1.82, 2.24) is 0 Å². The van der Waals surface area contributed by atoms with Gasteiger partial charge in [0.1, 0.15) is 11.2 Å². The van der Waals surface area contributed by atoms with E-state index < -0.39 is 27.1 Å². The zero-order valence-electron chi connectivity index (χ0n) is 10.7. The highest BCUT2D eigenvalue weighted by Gasteiger charge is 2.40. The van der Waals surface area contributed by atoms with Crippen LogP contribution in [-0.4, -0.2) is 26.8 Å². The smallest absolute Gasteiger partial charge is 0.316 e. The van der Waals surface area contributed by atoms with Crippen LogP contribution in [-0.2, 0) is 9.59 Å². The van der Waals surface area contributed by atoms with Crippen LogP contribution in [0.25, 0.3) is 0 Å². The molecule has 1 atom stereocenters. The Balaban J connectivity index is 2.80. The largest absolute Gasteiger partial charge is 0.481 e. The summed E-state index contributed by atoms with van der Waals surface area (Å²) >= 11 is 2.96. The summed E-state index contributed by atoms with van der Waals surface area (Å²) in [6.45, 7) is 2.54. The Labute approximate surface area is 122 Å². The van der Waals surface area contributed by atoms with Gasteiger partial charge < -0.3 is 9.84 Å². The molecule has 0 aliphatic rings. The molecular weight excluding hydrogens is 334 g/mol. The number of hydrogen-bond donors (Lipinski definition) is 1. The Morgan fingerprint density at radius 2 is 1.85 bits per heavy atom. The van der Waals surface area contributed by atoms with Gasteiger partial charge in [-0.1, -0.05) is 0 Å². The van der Waals surface area contributed by atoms with Crippen molar-refractivity contribution in [1.29, 1.82) is 0 Å². The van der Waals surface area contributed by atoms with Crippen molar-refractivity contribution >= 4 is 33.4 Å². The molecule has 0 fully saturated rings. The third-order valence-electron chi connectivity index (χ3n) is 2.64. The molecule has 0 aliphatic heterocycles.